The number of nitrogens with one attached hydrogen (secondary N) is 1. The summed E-state index contributed by atoms with van der Waals surface area (Å²) in [5, 5.41) is 13.9. The van der Waals surface area contributed by atoms with Crippen molar-refractivity contribution in [3.8, 4) is 5.75 Å². The van der Waals surface area contributed by atoms with E-state index in [1.807, 2.05) is 13.0 Å². The van der Waals surface area contributed by atoms with Crippen LogP contribution < -0.4 is 15.8 Å². The topological polar surface area (TPSA) is 84.6 Å². The Hall–Kier alpha value is -2.37. The van der Waals surface area contributed by atoms with Crippen LogP contribution >= 0.6 is 0 Å². The van der Waals surface area contributed by atoms with Gasteiger partial charge in [0, 0.05) is 19.0 Å². The van der Waals surface area contributed by atoms with E-state index in [0.717, 1.165) is 18.4 Å². The van der Waals surface area contributed by atoms with Gasteiger partial charge in [0.05, 0.1) is 18.3 Å². The highest BCUT2D eigenvalue weighted by Crippen LogP contribution is 2.26. The standard InChI is InChI=1S/C21H26N2O3/c1-2-26-20-16(8-5-9-19(20)21(22)25)12-18(24)13-23-17-10-14-6-3-4-7-15(14)11-17/h3-9,17-18,23-24H,2,10-13H2,1H3,(H2,22,25)/t18-/m1/s1. The van der Waals surface area contributed by atoms with Gasteiger partial charge in [-0.15, -0.1) is 0 Å². The number of hydrogen-bond donors (Lipinski definition) is 3. The Morgan fingerprint density at radius 1 is 1.23 bits per heavy atom. The van der Waals surface area contributed by atoms with E-state index >= 15 is 0 Å². The number of carbonyl (C=O) groups is 1. The summed E-state index contributed by atoms with van der Waals surface area (Å²) in [7, 11) is 0. The minimum absolute atomic E-state index is 0.352. The molecule has 2 aromatic carbocycles. The number of hydrogen-bond acceptors (Lipinski definition) is 4. The maximum atomic E-state index is 11.6. The number of benzene rings is 2. The van der Waals surface area contributed by atoms with Crippen LogP contribution in [0.3, 0.4) is 0 Å². The number of carbonyl (C=O) groups excluding carboxylic acids is 1. The van der Waals surface area contributed by atoms with E-state index in [4.69, 9.17) is 10.5 Å². The predicted molar refractivity (Wildman–Crippen MR) is 101 cm³/mol. The lowest BCUT2D eigenvalue weighted by Crippen LogP contribution is -2.37. The van der Waals surface area contributed by atoms with Crippen LogP contribution in [0.1, 0.15) is 34.0 Å². The first-order valence-corrected chi connectivity index (χ1v) is 9.11. The first-order chi connectivity index (χ1) is 12.6. The number of rotatable bonds is 8. The lowest BCUT2D eigenvalue weighted by molar-refractivity contribution is 0.0996. The number of para-hydroxylation sites is 1. The normalized spacial score (nSPS) is 14.8. The summed E-state index contributed by atoms with van der Waals surface area (Å²) >= 11 is 0. The smallest absolute Gasteiger partial charge is 0.252 e. The van der Waals surface area contributed by atoms with Crippen molar-refractivity contribution < 1.29 is 14.6 Å². The molecule has 0 bridgehead atoms. The number of nitrogens with two attached hydrogens (primary N) is 1. The van der Waals surface area contributed by atoms with Gasteiger partial charge in [-0.2, -0.15) is 0 Å². The third-order valence-electron chi connectivity index (χ3n) is 4.80. The zero-order valence-electron chi connectivity index (χ0n) is 15.1. The number of primary amides is 1. The van der Waals surface area contributed by atoms with Gasteiger partial charge in [-0.3, -0.25) is 4.79 Å². The molecule has 1 aliphatic rings. The molecule has 138 valence electrons. The minimum Gasteiger partial charge on any atom is -0.493 e. The molecule has 0 fully saturated rings. The second kappa shape index (κ2) is 8.34. The summed E-state index contributed by atoms with van der Waals surface area (Å²) < 4.78 is 5.62. The summed E-state index contributed by atoms with van der Waals surface area (Å²) in [6, 6.07) is 14.1. The molecule has 5 nitrogen and oxygen atoms in total. The van der Waals surface area contributed by atoms with E-state index in [9.17, 15) is 9.90 Å². The molecule has 0 saturated heterocycles. The van der Waals surface area contributed by atoms with Crippen molar-refractivity contribution in [1.82, 2.24) is 5.32 Å². The fourth-order valence-corrected chi connectivity index (χ4v) is 3.59. The molecular formula is C21H26N2O3. The second-order valence-electron chi connectivity index (χ2n) is 6.73. The first-order valence-electron chi connectivity index (χ1n) is 9.11. The first kappa shape index (κ1) is 18.4. The summed E-state index contributed by atoms with van der Waals surface area (Å²) in [6.45, 7) is 2.79. The highest BCUT2D eigenvalue weighted by molar-refractivity contribution is 5.96. The van der Waals surface area contributed by atoms with Crippen LogP contribution in [0, 0.1) is 0 Å². The molecule has 0 spiro atoms. The Labute approximate surface area is 154 Å². The van der Waals surface area contributed by atoms with E-state index < -0.39 is 12.0 Å². The van der Waals surface area contributed by atoms with E-state index in [2.05, 4.69) is 29.6 Å². The molecule has 0 radical (unpaired) electrons. The molecule has 0 heterocycles. The SMILES string of the molecule is CCOc1c(C[C@@H](O)CNC2Cc3ccccc3C2)cccc1C(N)=O. The Morgan fingerprint density at radius 2 is 1.92 bits per heavy atom. The third-order valence-corrected chi connectivity index (χ3v) is 4.80. The summed E-state index contributed by atoms with van der Waals surface area (Å²) in [6.07, 6.45) is 1.82. The molecule has 1 amide bonds. The maximum Gasteiger partial charge on any atom is 0.252 e. The summed E-state index contributed by atoms with van der Waals surface area (Å²) in [5.74, 6) is -0.0403. The Morgan fingerprint density at radius 3 is 2.54 bits per heavy atom. The van der Waals surface area contributed by atoms with Crippen molar-refractivity contribution in [3.05, 3.63) is 64.7 Å². The molecule has 3 rings (SSSR count). The fraction of sp³-hybridized carbons (Fsp3) is 0.381. The van der Waals surface area contributed by atoms with E-state index in [1.54, 1.807) is 12.1 Å². The lowest BCUT2D eigenvalue weighted by atomic mass is 10.0. The average Bonchev–Trinajstić information content (AvgIpc) is 3.04. The van der Waals surface area contributed by atoms with E-state index in [1.165, 1.54) is 11.1 Å². The van der Waals surface area contributed by atoms with Gasteiger partial charge in [-0.05, 0) is 42.5 Å². The van der Waals surface area contributed by atoms with Crippen molar-refractivity contribution in [3.63, 3.8) is 0 Å². The van der Waals surface area contributed by atoms with Gasteiger partial charge in [0.1, 0.15) is 5.75 Å². The third kappa shape index (κ3) is 4.23. The molecule has 5 heteroatoms. The summed E-state index contributed by atoms with van der Waals surface area (Å²) in [5.41, 5.74) is 9.35. The molecule has 0 aliphatic heterocycles. The van der Waals surface area contributed by atoms with Crippen LogP contribution in [0.25, 0.3) is 0 Å². The van der Waals surface area contributed by atoms with Crippen molar-refractivity contribution in [2.75, 3.05) is 13.2 Å². The Bertz CT molecular complexity index is 751. The molecule has 0 saturated carbocycles. The summed E-state index contributed by atoms with van der Waals surface area (Å²) in [4.78, 5) is 11.6. The minimum atomic E-state index is -0.568. The van der Waals surface area contributed by atoms with Crippen LogP contribution in [0.4, 0.5) is 0 Å². The van der Waals surface area contributed by atoms with Gasteiger partial charge in [-0.1, -0.05) is 36.4 Å². The van der Waals surface area contributed by atoms with Gasteiger partial charge in [0.15, 0.2) is 0 Å². The number of amides is 1. The van der Waals surface area contributed by atoms with E-state index in [-0.39, 0.29) is 0 Å². The molecule has 2 aromatic rings. The monoisotopic (exact) mass is 354 g/mol. The predicted octanol–water partition coefficient (Wildman–Crippen LogP) is 1.84. The second-order valence-corrected chi connectivity index (χ2v) is 6.73. The van der Waals surface area contributed by atoms with Crippen molar-refractivity contribution >= 4 is 5.91 Å². The number of ether oxygens (including phenoxy) is 1. The van der Waals surface area contributed by atoms with Crippen LogP contribution in [0.5, 0.6) is 5.75 Å². The van der Waals surface area contributed by atoms with Gasteiger partial charge in [0.25, 0.3) is 5.91 Å². The highest BCUT2D eigenvalue weighted by atomic mass is 16.5. The quantitative estimate of drug-likeness (QED) is 0.675. The highest BCUT2D eigenvalue weighted by Gasteiger charge is 2.22. The zero-order chi connectivity index (χ0) is 18.5. The molecule has 26 heavy (non-hydrogen) atoms. The zero-order valence-corrected chi connectivity index (χ0v) is 15.1. The van der Waals surface area contributed by atoms with Crippen molar-refractivity contribution in [1.29, 1.82) is 0 Å². The van der Waals surface area contributed by atoms with Crippen LogP contribution in [-0.4, -0.2) is 36.3 Å². The van der Waals surface area contributed by atoms with E-state index in [0.29, 0.717) is 36.9 Å². The van der Waals surface area contributed by atoms with Crippen molar-refractivity contribution in [2.24, 2.45) is 5.73 Å². The molecule has 1 atom stereocenters. The molecule has 1 aliphatic carbocycles. The van der Waals surface area contributed by atoms with Gasteiger partial charge >= 0.3 is 0 Å². The molecule has 0 unspecified atom stereocenters. The van der Waals surface area contributed by atoms with Crippen LogP contribution in [0.15, 0.2) is 42.5 Å². The molecule has 4 N–H and O–H groups in total. The fourth-order valence-electron chi connectivity index (χ4n) is 3.59. The maximum absolute atomic E-state index is 11.6. The van der Waals surface area contributed by atoms with Crippen LogP contribution in [-0.2, 0) is 19.3 Å². The largest absolute Gasteiger partial charge is 0.493 e. The van der Waals surface area contributed by atoms with Crippen LogP contribution in [0.2, 0.25) is 0 Å². The van der Waals surface area contributed by atoms with Crippen molar-refractivity contribution in [2.45, 2.75) is 38.3 Å². The Kier molecular flexibility index (Phi) is 5.91. The molecule has 0 aromatic heterocycles. The number of fused-ring (bicyclic) bond motifs is 1. The van der Waals surface area contributed by atoms with Gasteiger partial charge in [0.2, 0.25) is 0 Å². The van der Waals surface area contributed by atoms with Gasteiger partial charge < -0.3 is 20.9 Å². The number of aliphatic hydroxyl groups excluding tert-OH is 1. The lowest BCUT2D eigenvalue weighted by Gasteiger charge is -2.19. The molecular weight excluding hydrogens is 328 g/mol. The number of aliphatic hydroxyl groups is 1. The van der Waals surface area contributed by atoms with Gasteiger partial charge in [-0.25, -0.2) is 0 Å². The average molecular weight is 354 g/mol. The Balaban J connectivity index is 1.59.